The topological polar surface area (TPSA) is 57.5 Å². The molecule has 1 aliphatic carbocycles. The number of allylic oxidation sites excluding steroid dienone is 4. The van der Waals surface area contributed by atoms with Gasteiger partial charge in [0.25, 0.3) is 0 Å². The van der Waals surface area contributed by atoms with Gasteiger partial charge in [0.1, 0.15) is 44.7 Å². The lowest BCUT2D eigenvalue weighted by Crippen LogP contribution is -2.10. The van der Waals surface area contributed by atoms with E-state index in [9.17, 15) is 0 Å². The monoisotopic (exact) mass is 861 g/mol. The standard InChI is InChI=1S/C62H39NO4/c1-35-10-2-4-12-41(35)42-13-5-3-11-39(42)30-36-18-24-53-47(31-36)45-22-28-57-59(61(45)66-53)49-32-37(19-25-55(49)64-57)38-20-26-56-50(33-38)60-58(65-56)29-23-46-48-34-40(21-27-54(48)67-62(46)60)63-51-16-8-6-14-43(51)44-15-7-9-17-52(44)63/h2-29,31-35,41H,30H2,1H3. The first-order chi connectivity index (χ1) is 33.1. The van der Waals surface area contributed by atoms with Gasteiger partial charge >= 0.3 is 0 Å². The van der Waals surface area contributed by atoms with Crippen molar-refractivity contribution in [1.82, 2.24) is 4.57 Å². The van der Waals surface area contributed by atoms with E-state index in [1.165, 1.54) is 38.5 Å². The molecule has 14 aromatic rings. The van der Waals surface area contributed by atoms with Crippen LogP contribution in [0.5, 0.6) is 0 Å². The molecule has 0 bridgehead atoms. The highest BCUT2D eigenvalue weighted by Gasteiger charge is 2.23. The van der Waals surface area contributed by atoms with Crippen molar-refractivity contribution in [3.8, 4) is 16.8 Å². The first kappa shape index (κ1) is 36.8. The van der Waals surface area contributed by atoms with Crippen LogP contribution in [0, 0.1) is 5.92 Å². The second-order valence-corrected chi connectivity index (χ2v) is 18.4. The minimum Gasteiger partial charge on any atom is -0.456 e. The lowest BCUT2D eigenvalue weighted by Gasteiger charge is -2.23. The molecule has 15 rings (SSSR count). The number of hydrogen-bond donors (Lipinski definition) is 0. The van der Waals surface area contributed by atoms with Crippen LogP contribution in [0.4, 0.5) is 0 Å². The average Bonchev–Trinajstić information content (AvgIpc) is 4.19. The maximum Gasteiger partial charge on any atom is 0.147 e. The van der Waals surface area contributed by atoms with E-state index in [2.05, 4.69) is 206 Å². The molecule has 2 unspecified atom stereocenters. The van der Waals surface area contributed by atoms with Gasteiger partial charge in [-0.15, -0.1) is 0 Å². The Morgan fingerprint density at radius 3 is 1.61 bits per heavy atom. The Balaban J connectivity index is 0.833. The molecule has 0 N–H and O–H groups in total. The molecular weight excluding hydrogens is 823 g/mol. The highest BCUT2D eigenvalue weighted by molar-refractivity contribution is 6.24. The maximum atomic E-state index is 6.76. The average molecular weight is 862 g/mol. The first-order valence-electron chi connectivity index (χ1n) is 23.1. The summed E-state index contributed by atoms with van der Waals surface area (Å²) in [6.07, 6.45) is 9.82. The number of fused-ring (bicyclic) bond motifs is 17. The summed E-state index contributed by atoms with van der Waals surface area (Å²) in [7, 11) is 0. The van der Waals surface area contributed by atoms with Gasteiger partial charge < -0.3 is 22.2 Å². The zero-order valence-corrected chi connectivity index (χ0v) is 36.4. The largest absolute Gasteiger partial charge is 0.456 e. The Bertz CT molecular complexity index is 4410. The Kier molecular flexibility index (Phi) is 7.54. The third-order valence-corrected chi connectivity index (χ3v) is 14.6. The minimum atomic E-state index is 0.370. The van der Waals surface area contributed by atoms with E-state index in [1.54, 1.807) is 0 Å². The molecule has 67 heavy (non-hydrogen) atoms. The maximum absolute atomic E-state index is 6.76. The van der Waals surface area contributed by atoms with E-state index in [4.69, 9.17) is 17.7 Å². The van der Waals surface area contributed by atoms with Crippen LogP contribution in [0.2, 0.25) is 0 Å². The molecule has 0 spiro atoms. The molecule has 5 nitrogen and oxygen atoms in total. The predicted octanol–water partition coefficient (Wildman–Crippen LogP) is 17.5. The van der Waals surface area contributed by atoms with Crippen molar-refractivity contribution in [2.45, 2.75) is 19.3 Å². The number of aromatic nitrogens is 1. The van der Waals surface area contributed by atoms with Crippen molar-refractivity contribution in [2.24, 2.45) is 5.92 Å². The number of hydrogen-bond acceptors (Lipinski definition) is 4. The van der Waals surface area contributed by atoms with E-state index < -0.39 is 0 Å². The third kappa shape index (κ3) is 5.37. The van der Waals surface area contributed by atoms with Crippen LogP contribution in [-0.2, 0) is 6.42 Å². The summed E-state index contributed by atoms with van der Waals surface area (Å²) < 4.78 is 28.9. The molecule has 9 aromatic carbocycles. The fourth-order valence-corrected chi connectivity index (χ4v) is 11.4. The SMILES string of the molecule is CC1C=CC=CC1c1ccccc1Cc1ccc2oc3c(ccc4oc5ccc(-c6ccc7oc8ccc9c%10cc(-n%11c%12ccccc%12c%12ccccc%12%11)ccc%10oc9c8c7c6)cc5c43)c2c1. The summed E-state index contributed by atoms with van der Waals surface area (Å²) in [4.78, 5) is 0. The highest BCUT2D eigenvalue weighted by atomic mass is 16.4. The Morgan fingerprint density at radius 2 is 0.955 bits per heavy atom. The molecule has 0 saturated carbocycles. The fourth-order valence-electron chi connectivity index (χ4n) is 11.4. The molecule has 1 aliphatic rings. The summed E-state index contributed by atoms with van der Waals surface area (Å²) >= 11 is 0. The normalized spacial score (nSPS) is 15.5. The highest BCUT2D eigenvalue weighted by Crippen LogP contribution is 2.44. The van der Waals surface area contributed by atoms with Gasteiger partial charge in [0, 0.05) is 54.7 Å². The van der Waals surface area contributed by atoms with Gasteiger partial charge in [0.05, 0.1) is 21.8 Å². The molecule has 5 heteroatoms. The van der Waals surface area contributed by atoms with E-state index >= 15 is 0 Å². The molecule has 0 saturated heterocycles. The molecule has 0 fully saturated rings. The number of nitrogens with zero attached hydrogens (tertiary/aromatic N) is 1. The summed E-state index contributed by atoms with van der Waals surface area (Å²) in [5.41, 5.74) is 16.2. The summed E-state index contributed by atoms with van der Waals surface area (Å²) in [6.45, 7) is 2.30. The zero-order valence-electron chi connectivity index (χ0n) is 36.4. The Morgan fingerprint density at radius 1 is 0.418 bits per heavy atom. The lowest BCUT2D eigenvalue weighted by molar-refractivity contribution is 0.631. The second kappa shape index (κ2) is 13.7. The van der Waals surface area contributed by atoms with Gasteiger partial charge in [-0.1, -0.05) is 110 Å². The second-order valence-electron chi connectivity index (χ2n) is 18.4. The van der Waals surface area contributed by atoms with Crippen LogP contribution in [0.15, 0.2) is 212 Å². The number of para-hydroxylation sites is 2. The Labute approximate surface area is 383 Å². The fraction of sp³-hybridized carbons (Fsp3) is 0.0645. The van der Waals surface area contributed by atoms with Crippen LogP contribution in [0.1, 0.15) is 29.5 Å². The van der Waals surface area contributed by atoms with Crippen LogP contribution in [0.3, 0.4) is 0 Å². The smallest absolute Gasteiger partial charge is 0.147 e. The van der Waals surface area contributed by atoms with Crippen LogP contribution in [0.25, 0.3) is 126 Å². The van der Waals surface area contributed by atoms with Gasteiger partial charge in [0.2, 0.25) is 0 Å². The minimum absolute atomic E-state index is 0.370. The first-order valence-corrected chi connectivity index (χ1v) is 23.1. The summed E-state index contributed by atoms with van der Waals surface area (Å²) in [5.74, 6) is 0.824. The number of benzene rings is 9. The van der Waals surface area contributed by atoms with Gasteiger partial charge in [-0.2, -0.15) is 0 Å². The van der Waals surface area contributed by atoms with E-state index in [0.717, 1.165) is 111 Å². The van der Waals surface area contributed by atoms with E-state index in [1.807, 2.05) is 0 Å². The number of rotatable bonds is 5. The molecule has 5 aromatic heterocycles. The van der Waals surface area contributed by atoms with Crippen molar-refractivity contribution in [2.75, 3.05) is 0 Å². The predicted molar refractivity (Wildman–Crippen MR) is 275 cm³/mol. The zero-order chi connectivity index (χ0) is 43.9. The van der Waals surface area contributed by atoms with Crippen LogP contribution < -0.4 is 0 Å². The third-order valence-electron chi connectivity index (χ3n) is 14.6. The van der Waals surface area contributed by atoms with Crippen molar-refractivity contribution >= 4 is 110 Å². The van der Waals surface area contributed by atoms with Crippen molar-refractivity contribution in [1.29, 1.82) is 0 Å². The van der Waals surface area contributed by atoms with E-state index in [-0.39, 0.29) is 0 Å². The van der Waals surface area contributed by atoms with Gasteiger partial charge in [-0.3, -0.25) is 0 Å². The molecule has 0 amide bonds. The van der Waals surface area contributed by atoms with Gasteiger partial charge in [-0.25, -0.2) is 0 Å². The van der Waals surface area contributed by atoms with Crippen LogP contribution >= 0.6 is 0 Å². The summed E-state index contributed by atoms with van der Waals surface area (Å²) in [6, 6.07) is 60.7. The summed E-state index contributed by atoms with van der Waals surface area (Å²) in [5, 5.41) is 10.8. The van der Waals surface area contributed by atoms with Crippen molar-refractivity contribution < 1.29 is 17.7 Å². The molecular formula is C62H39NO4. The number of furan rings is 4. The molecule has 2 atom stereocenters. The van der Waals surface area contributed by atoms with Crippen LogP contribution in [-0.4, -0.2) is 4.57 Å². The van der Waals surface area contributed by atoms with Gasteiger partial charge in [-0.05, 0) is 131 Å². The van der Waals surface area contributed by atoms with Crippen molar-refractivity contribution in [3.63, 3.8) is 0 Å². The molecule has 0 aliphatic heterocycles. The van der Waals surface area contributed by atoms with Gasteiger partial charge in [0.15, 0.2) is 0 Å². The quantitative estimate of drug-likeness (QED) is 0.173. The molecule has 5 heterocycles. The van der Waals surface area contributed by atoms with E-state index in [0.29, 0.717) is 11.8 Å². The lowest BCUT2D eigenvalue weighted by atomic mass is 9.81. The molecule has 0 radical (unpaired) electrons. The van der Waals surface area contributed by atoms with Crippen molar-refractivity contribution in [3.05, 3.63) is 211 Å². The molecule has 316 valence electrons. The Hall–Kier alpha value is -8.54.